The Morgan fingerprint density at radius 1 is 1.25 bits per heavy atom. The molecule has 0 aliphatic carbocycles. The average Bonchev–Trinajstić information content (AvgIpc) is 2.84. The smallest absolute Gasteiger partial charge is 0.377 e. The van der Waals surface area contributed by atoms with E-state index in [4.69, 9.17) is 0 Å². The van der Waals surface area contributed by atoms with Gasteiger partial charge >= 0.3 is 6.18 Å². The van der Waals surface area contributed by atoms with Crippen LogP contribution in [0.1, 0.15) is 24.9 Å². The van der Waals surface area contributed by atoms with Crippen LogP contribution in [0.25, 0.3) is 0 Å². The standard InChI is InChI=1S/C13H15F3N4/c1-2-6-20-7-5-17-12(20)9-18-10-3-4-11(19-8-10)13(14,15)16/h3-5,7-8,18H,2,6,9H2,1H3. The summed E-state index contributed by atoms with van der Waals surface area (Å²) in [5, 5.41) is 3.01. The van der Waals surface area contributed by atoms with E-state index in [1.54, 1.807) is 6.20 Å². The molecule has 4 nitrogen and oxygen atoms in total. The van der Waals surface area contributed by atoms with Crippen LogP contribution < -0.4 is 5.32 Å². The fourth-order valence-electron chi connectivity index (χ4n) is 1.80. The van der Waals surface area contributed by atoms with Gasteiger partial charge in [0.25, 0.3) is 0 Å². The molecule has 1 N–H and O–H groups in total. The lowest BCUT2D eigenvalue weighted by Gasteiger charge is -2.10. The van der Waals surface area contributed by atoms with Gasteiger partial charge in [0.1, 0.15) is 11.5 Å². The minimum atomic E-state index is -4.41. The maximum Gasteiger partial charge on any atom is 0.433 e. The first-order valence-electron chi connectivity index (χ1n) is 6.28. The number of rotatable bonds is 5. The minimum absolute atomic E-state index is 0.444. The zero-order valence-electron chi connectivity index (χ0n) is 11.0. The molecule has 0 spiro atoms. The first kappa shape index (κ1) is 14.4. The molecule has 0 saturated carbocycles. The van der Waals surface area contributed by atoms with Gasteiger partial charge in [-0.1, -0.05) is 6.92 Å². The molecule has 0 fully saturated rings. The Hall–Kier alpha value is -2.05. The highest BCUT2D eigenvalue weighted by atomic mass is 19.4. The zero-order chi connectivity index (χ0) is 14.6. The molecule has 0 atom stereocenters. The van der Waals surface area contributed by atoms with Crippen molar-refractivity contribution in [2.45, 2.75) is 32.6 Å². The Morgan fingerprint density at radius 2 is 2.05 bits per heavy atom. The van der Waals surface area contributed by atoms with Gasteiger partial charge in [0.15, 0.2) is 0 Å². The summed E-state index contributed by atoms with van der Waals surface area (Å²) < 4.78 is 39.1. The highest BCUT2D eigenvalue weighted by molar-refractivity contribution is 5.41. The van der Waals surface area contributed by atoms with Gasteiger partial charge in [0.2, 0.25) is 0 Å². The molecule has 0 saturated heterocycles. The van der Waals surface area contributed by atoms with Crippen molar-refractivity contribution in [3.05, 3.63) is 42.2 Å². The van der Waals surface area contributed by atoms with Gasteiger partial charge in [-0.05, 0) is 18.6 Å². The highest BCUT2D eigenvalue weighted by Crippen LogP contribution is 2.27. The van der Waals surface area contributed by atoms with Crippen LogP contribution in [0.2, 0.25) is 0 Å². The van der Waals surface area contributed by atoms with Gasteiger partial charge in [-0.25, -0.2) is 9.97 Å². The number of anilines is 1. The van der Waals surface area contributed by atoms with E-state index in [1.807, 2.05) is 10.8 Å². The van der Waals surface area contributed by atoms with Crippen LogP contribution in [0.15, 0.2) is 30.7 Å². The number of halogens is 3. The molecule has 7 heteroatoms. The summed E-state index contributed by atoms with van der Waals surface area (Å²) in [5.41, 5.74) is -0.361. The van der Waals surface area contributed by atoms with Crippen molar-refractivity contribution in [1.82, 2.24) is 14.5 Å². The molecule has 0 amide bonds. The van der Waals surface area contributed by atoms with Gasteiger partial charge in [-0.2, -0.15) is 13.2 Å². The van der Waals surface area contributed by atoms with Crippen molar-refractivity contribution in [2.75, 3.05) is 5.32 Å². The van der Waals surface area contributed by atoms with E-state index in [2.05, 4.69) is 22.2 Å². The summed E-state index contributed by atoms with van der Waals surface area (Å²) >= 11 is 0. The summed E-state index contributed by atoms with van der Waals surface area (Å²) in [6, 6.07) is 2.32. The summed E-state index contributed by atoms with van der Waals surface area (Å²) in [4.78, 5) is 7.60. The second-order valence-corrected chi connectivity index (χ2v) is 4.32. The van der Waals surface area contributed by atoms with Crippen LogP contribution in [0.5, 0.6) is 0 Å². The molecule has 0 bridgehead atoms. The Morgan fingerprint density at radius 3 is 2.65 bits per heavy atom. The normalized spacial score (nSPS) is 11.6. The van der Waals surface area contributed by atoms with E-state index in [1.165, 1.54) is 12.3 Å². The lowest BCUT2D eigenvalue weighted by molar-refractivity contribution is -0.141. The second kappa shape index (κ2) is 5.94. The first-order valence-corrected chi connectivity index (χ1v) is 6.28. The Kier molecular flexibility index (Phi) is 4.26. The average molecular weight is 284 g/mol. The molecule has 0 unspecified atom stereocenters. The number of nitrogens with zero attached hydrogens (tertiary/aromatic N) is 3. The number of aryl methyl sites for hydroxylation is 1. The van der Waals surface area contributed by atoms with Crippen molar-refractivity contribution in [3.8, 4) is 0 Å². The van der Waals surface area contributed by atoms with E-state index in [9.17, 15) is 13.2 Å². The molecule has 20 heavy (non-hydrogen) atoms. The quantitative estimate of drug-likeness (QED) is 0.916. The number of hydrogen-bond donors (Lipinski definition) is 1. The molecule has 2 aromatic heterocycles. The number of pyridine rings is 1. The number of aromatic nitrogens is 3. The molecule has 0 aromatic carbocycles. The van der Waals surface area contributed by atoms with Gasteiger partial charge in [0, 0.05) is 18.9 Å². The summed E-state index contributed by atoms with van der Waals surface area (Å²) in [6.07, 6.45) is 1.35. The van der Waals surface area contributed by atoms with Crippen molar-refractivity contribution >= 4 is 5.69 Å². The van der Waals surface area contributed by atoms with Crippen LogP contribution in [-0.2, 0) is 19.3 Å². The Labute approximate surface area is 114 Å². The molecular formula is C13H15F3N4. The third-order valence-electron chi connectivity index (χ3n) is 2.77. The predicted octanol–water partition coefficient (Wildman–Crippen LogP) is 3.32. The maximum absolute atomic E-state index is 12.4. The largest absolute Gasteiger partial charge is 0.433 e. The Bertz CT molecular complexity index is 545. The fraction of sp³-hybridized carbons (Fsp3) is 0.385. The van der Waals surface area contributed by atoms with E-state index in [-0.39, 0.29) is 0 Å². The monoisotopic (exact) mass is 284 g/mol. The molecule has 0 aliphatic rings. The van der Waals surface area contributed by atoms with Crippen molar-refractivity contribution in [1.29, 1.82) is 0 Å². The topological polar surface area (TPSA) is 42.7 Å². The fourth-order valence-corrected chi connectivity index (χ4v) is 1.80. The zero-order valence-corrected chi connectivity index (χ0v) is 11.0. The van der Waals surface area contributed by atoms with Crippen LogP contribution in [0.4, 0.5) is 18.9 Å². The summed E-state index contributed by atoms with van der Waals surface area (Å²) in [5.74, 6) is 0.840. The van der Waals surface area contributed by atoms with Gasteiger partial charge in [-0.15, -0.1) is 0 Å². The summed E-state index contributed by atoms with van der Waals surface area (Å²) in [7, 11) is 0. The minimum Gasteiger partial charge on any atom is -0.377 e. The SMILES string of the molecule is CCCn1ccnc1CNc1ccc(C(F)(F)F)nc1. The highest BCUT2D eigenvalue weighted by Gasteiger charge is 2.31. The van der Waals surface area contributed by atoms with Gasteiger partial charge < -0.3 is 9.88 Å². The third kappa shape index (κ3) is 3.49. The third-order valence-corrected chi connectivity index (χ3v) is 2.77. The number of nitrogens with one attached hydrogen (secondary N) is 1. The molecule has 2 rings (SSSR count). The Balaban J connectivity index is 1.99. The van der Waals surface area contributed by atoms with Crippen molar-refractivity contribution in [3.63, 3.8) is 0 Å². The van der Waals surface area contributed by atoms with E-state index >= 15 is 0 Å². The van der Waals surface area contributed by atoms with Crippen LogP contribution >= 0.6 is 0 Å². The van der Waals surface area contributed by atoms with Crippen molar-refractivity contribution < 1.29 is 13.2 Å². The maximum atomic E-state index is 12.4. The molecule has 2 heterocycles. The molecule has 108 valence electrons. The van der Waals surface area contributed by atoms with Crippen LogP contribution in [0.3, 0.4) is 0 Å². The van der Waals surface area contributed by atoms with E-state index < -0.39 is 11.9 Å². The first-order chi connectivity index (χ1) is 9.50. The second-order valence-electron chi connectivity index (χ2n) is 4.32. The number of imidazole rings is 1. The van der Waals surface area contributed by atoms with Crippen molar-refractivity contribution in [2.24, 2.45) is 0 Å². The predicted molar refractivity (Wildman–Crippen MR) is 69.1 cm³/mol. The molecule has 2 aromatic rings. The molecular weight excluding hydrogens is 269 g/mol. The van der Waals surface area contributed by atoms with E-state index in [0.29, 0.717) is 12.2 Å². The van der Waals surface area contributed by atoms with E-state index in [0.717, 1.165) is 24.9 Å². The van der Waals surface area contributed by atoms with Gasteiger partial charge in [0.05, 0.1) is 18.4 Å². The van der Waals surface area contributed by atoms with Crippen LogP contribution in [-0.4, -0.2) is 14.5 Å². The lowest BCUT2D eigenvalue weighted by atomic mass is 10.3. The molecule has 0 aliphatic heterocycles. The lowest BCUT2D eigenvalue weighted by Crippen LogP contribution is -2.10. The number of alkyl halides is 3. The number of hydrogen-bond acceptors (Lipinski definition) is 3. The molecule has 0 radical (unpaired) electrons. The van der Waals surface area contributed by atoms with Gasteiger partial charge in [-0.3, -0.25) is 0 Å². The van der Waals surface area contributed by atoms with Crippen LogP contribution in [0, 0.1) is 0 Å². The summed E-state index contributed by atoms with van der Waals surface area (Å²) in [6.45, 7) is 3.37.